The van der Waals surface area contributed by atoms with Gasteiger partial charge in [-0.05, 0) is 43.2 Å². The molecule has 2 aliphatic rings. The van der Waals surface area contributed by atoms with Crippen LogP contribution in [0, 0.1) is 5.82 Å². The summed E-state index contributed by atoms with van der Waals surface area (Å²) >= 11 is 0. The van der Waals surface area contributed by atoms with Crippen LogP contribution in [-0.2, 0) is 9.53 Å². The van der Waals surface area contributed by atoms with E-state index in [9.17, 15) is 19.1 Å². The molecule has 0 saturated carbocycles. The summed E-state index contributed by atoms with van der Waals surface area (Å²) in [7, 11) is 0. The fraction of sp³-hybridized carbons (Fsp3) is 0.409. The molecule has 0 bridgehead atoms. The SMILES string of the molecule is CC(=O)NCC1CN(c2ccc(-c3ccc(N4CCC(O)CC4)nc3)c(F)c2)C(=O)O1. The molecule has 2 N–H and O–H groups in total. The number of amides is 2. The van der Waals surface area contributed by atoms with E-state index in [4.69, 9.17) is 4.74 Å². The van der Waals surface area contributed by atoms with Crippen molar-refractivity contribution in [2.75, 3.05) is 36.0 Å². The number of carbonyl (C=O) groups excluding carboxylic acids is 2. The van der Waals surface area contributed by atoms with Gasteiger partial charge < -0.3 is 20.1 Å². The summed E-state index contributed by atoms with van der Waals surface area (Å²) in [6, 6.07) is 8.26. The van der Waals surface area contributed by atoms with Crippen LogP contribution in [0.25, 0.3) is 11.1 Å². The van der Waals surface area contributed by atoms with Crippen molar-refractivity contribution in [3.8, 4) is 11.1 Å². The smallest absolute Gasteiger partial charge is 0.414 e. The average molecular weight is 428 g/mol. The Morgan fingerprint density at radius 2 is 2.06 bits per heavy atom. The largest absolute Gasteiger partial charge is 0.442 e. The highest BCUT2D eigenvalue weighted by Gasteiger charge is 2.32. The zero-order chi connectivity index (χ0) is 22.0. The van der Waals surface area contributed by atoms with E-state index in [-0.39, 0.29) is 25.1 Å². The molecule has 0 aliphatic carbocycles. The summed E-state index contributed by atoms with van der Waals surface area (Å²) in [6.45, 7) is 3.32. The number of cyclic esters (lactones) is 1. The van der Waals surface area contributed by atoms with E-state index in [0.29, 0.717) is 29.7 Å². The minimum Gasteiger partial charge on any atom is -0.442 e. The average Bonchev–Trinajstić information content (AvgIpc) is 3.13. The third-order valence-electron chi connectivity index (χ3n) is 5.56. The summed E-state index contributed by atoms with van der Waals surface area (Å²) < 4.78 is 20.1. The third kappa shape index (κ3) is 4.77. The first kappa shape index (κ1) is 21.0. The van der Waals surface area contributed by atoms with Crippen molar-refractivity contribution in [1.29, 1.82) is 0 Å². The second-order valence-corrected chi connectivity index (χ2v) is 7.84. The first-order chi connectivity index (χ1) is 14.9. The molecule has 2 saturated heterocycles. The zero-order valence-electron chi connectivity index (χ0n) is 17.3. The molecule has 9 heteroatoms. The van der Waals surface area contributed by atoms with Gasteiger partial charge in [0.25, 0.3) is 0 Å². The van der Waals surface area contributed by atoms with Crippen molar-refractivity contribution in [2.45, 2.75) is 32.0 Å². The lowest BCUT2D eigenvalue weighted by Gasteiger charge is -2.30. The number of aromatic nitrogens is 1. The molecule has 31 heavy (non-hydrogen) atoms. The van der Waals surface area contributed by atoms with Crippen LogP contribution in [0.2, 0.25) is 0 Å². The Morgan fingerprint density at radius 3 is 2.71 bits per heavy atom. The van der Waals surface area contributed by atoms with Crippen LogP contribution in [0.5, 0.6) is 0 Å². The van der Waals surface area contributed by atoms with Gasteiger partial charge in [-0.15, -0.1) is 0 Å². The van der Waals surface area contributed by atoms with Gasteiger partial charge in [0.15, 0.2) is 0 Å². The number of ether oxygens (including phenoxy) is 1. The molecule has 4 rings (SSSR count). The molecule has 0 radical (unpaired) electrons. The van der Waals surface area contributed by atoms with E-state index >= 15 is 0 Å². The van der Waals surface area contributed by atoms with Gasteiger partial charge in [-0.25, -0.2) is 14.2 Å². The summed E-state index contributed by atoms with van der Waals surface area (Å²) in [6.07, 6.45) is 1.75. The number of aliphatic hydroxyl groups excluding tert-OH is 1. The molecule has 2 aliphatic heterocycles. The topological polar surface area (TPSA) is 95.0 Å². The van der Waals surface area contributed by atoms with E-state index < -0.39 is 18.0 Å². The first-order valence-corrected chi connectivity index (χ1v) is 10.3. The summed E-state index contributed by atoms with van der Waals surface area (Å²) in [4.78, 5) is 31.1. The molecule has 1 aromatic carbocycles. The summed E-state index contributed by atoms with van der Waals surface area (Å²) in [5.74, 6) is 0.131. The summed E-state index contributed by atoms with van der Waals surface area (Å²) in [5.41, 5.74) is 1.42. The quantitative estimate of drug-likeness (QED) is 0.759. The molecule has 1 unspecified atom stereocenters. The molecule has 2 fully saturated rings. The molecule has 3 heterocycles. The number of aliphatic hydroxyl groups is 1. The molecule has 2 aromatic rings. The van der Waals surface area contributed by atoms with Crippen LogP contribution in [0.15, 0.2) is 36.5 Å². The van der Waals surface area contributed by atoms with Crippen molar-refractivity contribution in [3.63, 3.8) is 0 Å². The zero-order valence-corrected chi connectivity index (χ0v) is 17.3. The van der Waals surface area contributed by atoms with Crippen LogP contribution in [-0.4, -0.2) is 60.5 Å². The Bertz CT molecular complexity index is 960. The first-order valence-electron chi connectivity index (χ1n) is 10.3. The Balaban J connectivity index is 1.45. The van der Waals surface area contributed by atoms with E-state index in [1.807, 2.05) is 12.1 Å². The van der Waals surface area contributed by atoms with Crippen LogP contribution in [0.1, 0.15) is 19.8 Å². The number of piperidine rings is 1. The number of carbonyl (C=O) groups is 2. The molecule has 1 atom stereocenters. The molecular weight excluding hydrogens is 403 g/mol. The molecule has 0 spiro atoms. The molecule has 2 amide bonds. The number of halogens is 1. The van der Waals surface area contributed by atoms with E-state index in [1.54, 1.807) is 18.3 Å². The highest BCUT2D eigenvalue weighted by atomic mass is 19.1. The minimum atomic E-state index is -0.569. The fourth-order valence-electron chi connectivity index (χ4n) is 3.83. The highest BCUT2D eigenvalue weighted by molar-refractivity contribution is 5.90. The van der Waals surface area contributed by atoms with Crippen LogP contribution in [0.3, 0.4) is 0 Å². The number of hydrogen-bond acceptors (Lipinski definition) is 6. The number of nitrogens with one attached hydrogen (secondary N) is 1. The maximum atomic E-state index is 14.9. The maximum Gasteiger partial charge on any atom is 0.414 e. The molecular formula is C22H25FN4O4. The molecule has 8 nitrogen and oxygen atoms in total. The van der Waals surface area contributed by atoms with Gasteiger partial charge >= 0.3 is 6.09 Å². The Labute approximate surface area is 179 Å². The number of hydrogen-bond donors (Lipinski definition) is 2. The van der Waals surface area contributed by atoms with Gasteiger partial charge in [-0.2, -0.15) is 0 Å². The number of anilines is 2. The second kappa shape index (κ2) is 8.89. The number of pyridine rings is 1. The Kier molecular flexibility index (Phi) is 6.03. The van der Waals surface area contributed by atoms with Crippen molar-refractivity contribution < 1.29 is 23.8 Å². The Morgan fingerprint density at radius 1 is 1.29 bits per heavy atom. The highest BCUT2D eigenvalue weighted by Crippen LogP contribution is 2.30. The van der Waals surface area contributed by atoms with Gasteiger partial charge in [0.05, 0.1) is 24.9 Å². The predicted molar refractivity (Wildman–Crippen MR) is 113 cm³/mol. The lowest BCUT2D eigenvalue weighted by Crippen LogP contribution is -2.36. The van der Waals surface area contributed by atoms with Crippen LogP contribution in [0.4, 0.5) is 20.7 Å². The van der Waals surface area contributed by atoms with Gasteiger partial charge in [0, 0.05) is 37.3 Å². The third-order valence-corrected chi connectivity index (χ3v) is 5.56. The summed E-state index contributed by atoms with van der Waals surface area (Å²) in [5, 5.41) is 12.3. The van der Waals surface area contributed by atoms with Gasteiger partial charge in [-0.1, -0.05) is 0 Å². The maximum absolute atomic E-state index is 14.9. The lowest BCUT2D eigenvalue weighted by atomic mass is 10.1. The van der Waals surface area contributed by atoms with E-state index in [1.165, 1.54) is 17.9 Å². The van der Waals surface area contributed by atoms with Gasteiger partial charge in [0.1, 0.15) is 17.7 Å². The van der Waals surface area contributed by atoms with Crippen molar-refractivity contribution in [1.82, 2.24) is 10.3 Å². The van der Waals surface area contributed by atoms with Gasteiger partial charge in [0.2, 0.25) is 5.91 Å². The van der Waals surface area contributed by atoms with E-state index in [2.05, 4.69) is 15.2 Å². The number of rotatable bonds is 5. The number of nitrogens with zero attached hydrogens (tertiary/aromatic N) is 3. The fourth-order valence-corrected chi connectivity index (χ4v) is 3.83. The second-order valence-electron chi connectivity index (χ2n) is 7.84. The van der Waals surface area contributed by atoms with Crippen LogP contribution >= 0.6 is 0 Å². The van der Waals surface area contributed by atoms with Crippen LogP contribution < -0.4 is 15.1 Å². The standard InChI is InChI=1S/C22H25FN4O4/c1-14(28)24-12-18-13-27(22(30)31-18)16-3-4-19(20(23)10-16)15-2-5-21(25-11-15)26-8-6-17(29)7-9-26/h2-5,10-11,17-18,29H,6-9,12-13H2,1H3,(H,24,28). The van der Waals surface area contributed by atoms with Gasteiger partial charge in [-0.3, -0.25) is 9.69 Å². The monoisotopic (exact) mass is 428 g/mol. The van der Waals surface area contributed by atoms with Crippen molar-refractivity contribution in [2.24, 2.45) is 0 Å². The van der Waals surface area contributed by atoms with Crippen molar-refractivity contribution in [3.05, 3.63) is 42.3 Å². The molecule has 1 aromatic heterocycles. The van der Waals surface area contributed by atoms with E-state index in [0.717, 1.165) is 18.9 Å². The molecule has 164 valence electrons. The van der Waals surface area contributed by atoms with Crippen molar-refractivity contribution >= 4 is 23.5 Å². The normalized spacial score (nSPS) is 19.5. The lowest BCUT2D eigenvalue weighted by molar-refractivity contribution is -0.119. The number of benzene rings is 1. The minimum absolute atomic E-state index is 0.206. The predicted octanol–water partition coefficient (Wildman–Crippen LogP) is 2.31. The Hall–Kier alpha value is -3.20.